The highest BCUT2D eigenvalue weighted by Gasteiger charge is 1.95. The zero-order chi connectivity index (χ0) is 10.1. The molecule has 0 atom stereocenters. The predicted molar refractivity (Wildman–Crippen MR) is 70.1 cm³/mol. The van der Waals surface area contributed by atoms with Crippen molar-refractivity contribution in [3.63, 3.8) is 0 Å². The molecule has 72 valence electrons. The van der Waals surface area contributed by atoms with Crippen LogP contribution in [0.4, 0.5) is 0 Å². The van der Waals surface area contributed by atoms with Crippen molar-refractivity contribution in [1.29, 1.82) is 0 Å². The highest BCUT2D eigenvalue weighted by molar-refractivity contribution is 9.69. The zero-order valence-electron chi connectivity index (χ0n) is 7.21. The lowest BCUT2D eigenvalue weighted by Gasteiger charge is -1.99. The molecule has 0 radical (unpaired) electrons. The van der Waals surface area contributed by atoms with Crippen molar-refractivity contribution in [1.82, 2.24) is 0 Å². The van der Waals surface area contributed by atoms with Gasteiger partial charge in [-0.25, -0.2) is 0 Å². The van der Waals surface area contributed by atoms with Gasteiger partial charge in [-0.15, -0.1) is 0 Å². The van der Waals surface area contributed by atoms with Crippen LogP contribution >= 0.6 is 42.2 Å². The molecular weight excluding hydrogens is 379 g/mol. The molecule has 1 nitrogen and oxygen atoms in total. The molecule has 1 aromatic carbocycles. The molecule has 1 rings (SSSR count). The van der Waals surface area contributed by atoms with E-state index in [1.165, 1.54) is 0 Å². The summed E-state index contributed by atoms with van der Waals surface area (Å²) >= 11 is 9.73. The Labute approximate surface area is 104 Å². The van der Waals surface area contributed by atoms with Gasteiger partial charge < -0.3 is 4.74 Å². The molecule has 0 aliphatic carbocycles. The van der Waals surface area contributed by atoms with Crippen LogP contribution in [0.1, 0.15) is 6.92 Å². The molecule has 0 bridgehead atoms. The van der Waals surface area contributed by atoms with Crippen LogP contribution in [0.2, 0.25) is 0 Å². The lowest BCUT2D eigenvalue weighted by molar-refractivity contribution is 0.340. The van der Waals surface area contributed by atoms with E-state index in [9.17, 15) is 0 Å². The van der Waals surface area contributed by atoms with Crippen LogP contribution in [0.5, 0.6) is 5.75 Å². The van der Waals surface area contributed by atoms with Crippen molar-refractivity contribution >= 4 is 50.8 Å². The molecule has 1 aromatic rings. The molecule has 0 saturated heterocycles. The monoisotopic (exact) mass is 386 g/mol. The second-order valence-electron chi connectivity index (χ2n) is 1.99. The third-order valence-electron chi connectivity index (χ3n) is 1.05. The lowest BCUT2D eigenvalue weighted by Crippen LogP contribution is -1.89. The second kappa shape index (κ2) is 9.54. The van der Waals surface area contributed by atoms with Gasteiger partial charge in [0, 0.05) is 0 Å². The normalized spacial score (nSPS) is 8.31. The number of rotatable bonds is 2. The topological polar surface area (TPSA) is 9.23 Å². The summed E-state index contributed by atoms with van der Waals surface area (Å²) in [4.78, 5) is 0. The van der Waals surface area contributed by atoms with Crippen LogP contribution in [-0.2, 0) is 0 Å². The van der Waals surface area contributed by atoms with E-state index in [1.807, 2.05) is 37.3 Å². The molecule has 5 heteroatoms. The lowest BCUT2D eigenvalue weighted by atomic mass is 10.3. The van der Waals surface area contributed by atoms with Gasteiger partial charge in [0.25, 0.3) is 0 Å². The van der Waals surface area contributed by atoms with Crippen LogP contribution in [0.15, 0.2) is 30.3 Å². The average Bonchev–Trinajstić information content (AvgIpc) is 2.06. The van der Waals surface area contributed by atoms with Gasteiger partial charge >= 0.3 is 8.67 Å². The second-order valence-corrected chi connectivity index (χ2v) is 21.8. The van der Waals surface area contributed by atoms with Gasteiger partial charge in [-0.05, 0) is 19.1 Å². The molecule has 0 fully saturated rings. The number of hydrogen-bond acceptors (Lipinski definition) is 1. The largest absolute Gasteiger partial charge is 0.542 e. The van der Waals surface area contributed by atoms with E-state index in [4.69, 9.17) is 4.74 Å². The van der Waals surface area contributed by atoms with E-state index < -0.39 is 8.67 Å². The average molecular weight is 389 g/mol. The van der Waals surface area contributed by atoms with E-state index in [1.54, 1.807) is 0 Å². The van der Waals surface area contributed by atoms with Crippen molar-refractivity contribution in [2.45, 2.75) is 6.92 Å². The fraction of sp³-hybridized carbons (Fsp3) is 0.250. The summed E-state index contributed by atoms with van der Waals surface area (Å²) in [6, 6.07) is 9.80. The fourth-order valence-corrected chi connectivity index (χ4v) is 0.683. The van der Waals surface area contributed by atoms with E-state index in [0.29, 0.717) is 0 Å². The van der Waals surface area contributed by atoms with Crippen molar-refractivity contribution in [2.24, 2.45) is 0 Å². The van der Waals surface area contributed by atoms with E-state index in [0.717, 1.165) is 12.4 Å². The minimum atomic E-state index is -0.701. The highest BCUT2D eigenvalue weighted by atomic mass is 80.0. The first-order valence-corrected chi connectivity index (χ1v) is 13.3. The molecular formula is C8H10AlBr3O. The summed E-state index contributed by atoms with van der Waals surface area (Å²) in [5.41, 5.74) is 0. The van der Waals surface area contributed by atoms with E-state index in [-0.39, 0.29) is 0 Å². The molecule has 0 aromatic heterocycles. The number of ether oxygens (including phenoxy) is 1. The highest BCUT2D eigenvalue weighted by Crippen LogP contribution is 2.07. The number of halogens is 3. The van der Waals surface area contributed by atoms with Gasteiger partial charge in [-0.1, -0.05) is 18.2 Å². The van der Waals surface area contributed by atoms with E-state index in [2.05, 4.69) is 42.2 Å². The van der Waals surface area contributed by atoms with Gasteiger partial charge in [0.2, 0.25) is 0 Å². The molecule has 0 heterocycles. The van der Waals surface area contributed by atoms with Gasteiger partial charge in [-0.3, -0.25) is 0 Å². The Hall–Kier alpha value is 0.992. The molecule has 0 N–H and O–H groups in total. The maximum Gasteiger partial charge on any atom is 0.542 e. The summed E-state index contributed by atoms with van der Waals surface area (Å²) in [7, 11) is -0.701. The Kier molecular flexibility index (Phi) is 10.3. The van der Waals surface area contributed by atoms with Crippen LogP contribution in [-0.4, -0.2) is 15.3 Å². The molecule has 0 aliphatic heterocycles. The summed E-state index contributed by atoms with van der Waals surface area (Å²) in [5.74, 6) is 0.944. The molecule has 0 unspecified atom stereocenters. The van der Waals surface area contributed by atoms with Gasteiger partial charge in [-0.2, -0.15) is 42.2 Å². The molecule has 0 spiro atoms. The summed E-state index contributed by atoms with van der Waals surface area (Å²) in [6.45, 7) is 2.72. The van der Waals surface area contributed by atoms with Gasteiger partial charge in [0.15, 0.2) is 0 Å². The Bertz CT molecular complexity index is 203. The van der Waals surface area contributed by atoms with Gasteiger partial charge in [0.1, 0.15) is 5.75 Å². The minimum absolute atomic E-state index is 0.701. The molecule has 0 saturated carbocycles. The van der Waals surface area contributed by atoms with Crippen molar-refractivity contribution in [3.05, 3.63) is 30.3 Å². The Morgan fingerprint density at radius 2 is 1.62 bits per heavy atom. The quantitative estimate of drug-likeness (QED) is 0.688. The van der Waals surface area contributed by atoms with Crippen LogP contribution in [0.3, 0.4) is 0 Å². The maximum absolute atomic E-state index is 5.21. The third-order valence-corrected chi connectivity index (χ3v) is 1.05. The first-order valence-electron chi connectivity index (χ1n) is 3.77. The fourth-order valence-electron chi connectivity index (χ4n) is 0.683. The first kappa shape index (κ1) is 14.0. The van der Waals surface area contributed by atoms with Crippen molar-refractivity contribution < 1.29 is 4.74 Å². The van der Waals surface area contributed by atoms with Crippen LogP contribution in [0, 0.1) is 0 Å². The standard InChI is InChI=1S/C8H10O.Al.3BrH/c1-2-9-8-6-4-3-5-7-8;;;;/h3-7H,2H2,1H3;;3*1H/q;+3;;;/p-3. The Morgan fingerprint density at radius 1 is 1.15 bits per heavy atom. The maximum atomic E-state index is 5.21. The predicted octanol–water partition coefficient (Wildman–Crippen LogP) is 4.24. The molecule has 0 amide bonds. The Balaban J connectivity index is 0.000000310. The first-order chi connectivity index (χ1) is 6.16. The molecule has 13 heavy (non-hydrogen) atoms. The third kappa shape index (κ3) is 10.9. The summed E-state index contributed by atoms with van der Waals surface area (Å²) in [5, 5.41) is 0. The number of hydrogen-bond donors (Lipinski definition) is 0. The number of benzene rings is 1. The number of para-hydroxylation sites is 1. The molecule has 0 aliphatic rings. The Morgan fingerprint density at radius 3 is 2.00 bits per heavy atom. The van der Waals surface area contributed by atoms with Gasteiger partial charge in [0.05, 0.1) is 6.61 Å². The summed E-state index contributed by atoms with van der Waals surface area (Å²) < 4.78 is 5.21. The smallest absolute Gasteiger partial charge is 0.494 e. The summed E-state index contributed by atoms with van der Waals surface area (Å²) in [6.07, 6.45) is 0. The minimum Gasteiger partial charge on any atom is -0.494 e. The van der Waals surface area contributed by atoms with Crippen LogP contribution in [0.25, 0.3) is 0 Å². The van der Waals surface area contributed by atoms with Crippen molar-refractivity contribution in [3.8, 4) is 5.75 Å². The van der Waals surface area contributed by atoms with E-state index >= 15 is 0 Å². The zero-order valence-corrected chi connectivity index (χ0v) is 13.1. The van der Waals surface area contributed by atoms with Crippen LogP contribution < -0.4 is 4.74 Å². The SMILES string of the molecule is CCOc1ccccc1.[Br][Al]([Br])[Br]. The van der Waals surface area contributed by atoms with Crippen molar-refractivity contribution in [2.75, 3.05) is 6.61 Å².